The van der Waals surface area contributed by atoms with E-state index in [1.165, 1.54) is 17.5 Å². The van der Waals surface area contributed by atoms with Crippen molar-refractivity contribution < 1.29 is 0 Å². The van der Waals surface area contributed by atoms with Crippen LogP contribution in [0.1, 0.15) is 30.9 Å². The van der Waals surface area contributed by atoms with Gasteiger partial charge >= 0.3 is 0 Å². The molecule has 0 saturated carbocycles. The van der Waals surface area contributed by atoms with E-state index in [2.05, 4.69) is 85.1 Å². The van der Waals surface area contributed by atoms with Gasteiger partial charge in [0.15, 0.2) is 11.8 Å². The molecule has 1 aromatic heterocycles. The lowest BCUT2D eigenvalue weighted by molar-refractivity contribution is 0.134. The highest BCUT2D eigenvalue weighted by molar-refractivity contribution is 14.0. The number of piperidine rings is 1. The molecule has 2 atom stereocenters. The number of rotatable bonds is 6. The summed E-state index contributed by atoms with van der Waals surface area (Å²) in [6, 6.07) is 20.0. The van der Waals surface area contributed by atoms with Gasteiger partial charge in [0.1, 0.15) is 6.33 Å². The largest absolute Gasteiger partial charge is 0.354 e. The van der Waals surface area contributed by atoms with Gasteiger partial charge in [-0.2, -0.15) is 5.10 Å². The van der Waals surface area contributed by atoms with Crippen molar-refractivity contribution in [1.82, 2.24) is 30.7 Å². The first-order chi connectivity index (χ1) is 15.2. The number of hydrogen-bond donors (Lipinski definition) is 3. The molecule has 3 aromatic rings. The average molecular weight is 545 g/mol. The van der Waals surface area contributed by atoms with E-state index >= 15 is 0 Å². The Morgan fingerprint density at radius 1 is 1.16 bits per heavy atom. The zero-order valence-corrected chi connectivity index (χ0v) is 21.0. The molecule has 1 fully saturated rings. The van der Waals surface area contributed by atoms with Crippen LogP contribution in [0.4, 0.5) is 0 Å². The molecule has 1 aliphatic rings. The van der Waals surface area contributed by atoms with Crippen molar-refractivity contribution in [2.75, 3.05) is 13.6 Å². The Hall–Kier alpha value is -2.46. The summed E-state index contributed by atoms with van der Waals surface area (Å²) in [6.07, 6.45) is 3.74. The molecule has 0 aliphatic carbocycles. The van der Waals surface area contributed by atoms with Crippen LogP contribution >= 0.6 is 24.0 Å². The van der Waals surface area contributed by atoms with Gasteiger partial charge in [-0.3, -0.25) is 15.0 Å². The van der Waals surface area contributed by atoms with Gasteiger partial charge in [-0.1, -0.05) is 48.5 Å². The standard InChI is InChI=1S/C24H31N7.HI/c1-18-13-22(11-12-31(18)16-19-7-4-3-5-8-19)29-24(25-2)26-15-20-9-6-10-21(14-20)23-27-17-28-30-23;/h3-10,14,17-18,22H,11-13,15-16H2,1-2H3,(H2,25,26,29)(H,27,28,30);1H. The maximum absolute atomic E-state index is 4.43. The number of likely N-dealkylation sites (tertiary alicyclic amines) is 1. The van der Waals surface area contributed by atoms with Crippen molar-refractivity contribution in [3.63, 3.8) is 0 Å². The normalized spacial score (nSPS) is 19.2. The number of hydrogen-bond acceptors (Lipinski definition) is 4. The molecule has 0 bridgehead atoms. The molecular formula is C24H32IN7. The molecule has 0 radical (unpaired) electrons. The van der Waals surface area contributed by atoms with E-state index in [1.54, 1.807) is 0 Å². The highest BCUT2D eigenvalue weighted by Crippen LogP contribution is 2.20. The van der Waals surface area contributed by atoms with Crippen molar-refractivity contribution in [2.24, 2.45) is 4.99 Å². The smallest absolute Gasteiger partial charge is 0.191 e. The van der Waals surface area contributed by atoms with Crippen LogP contribution in [0.5, 0.6) is 0 Å². The van der Waals surface area contributed by atoms with Crippen LogP contribution in [-0.4, -0.2) is 51.7 Å². The van der Waals surface area contributed by atoms with Gasteiger partial charge in [-0.15, -0.1) is 24.0 Å². The first-order valence-electron chi connectivity index (χ1n) is 10.9. The molecule has 0 spiro atoms. The third kappa shape index (κ3) is 6.52. The summed E-state index contributed by atoms with van der Waals surface area (Å²) in [5, 5.41) is 13.9. The number of nitrogens with zero attached hydrogens (tertiary/aromatic N) is 4. The highest BCUT2D eigenvalue weighted by atomic mass is 127. The van der Waals surface area contributed by atoms with Crippen LogP contribution < -0.4 is 10.6 Å². The summed E-state index contributed by atoms with van der Waals surface area (Å²) in [7, 11) is 1.83. The van der Waals surface area contributed by atoms with Crippen LogP contribution in [0.15, 0.2) is 65.9 Å². The maximum Gasteiger partial charge on any atom is 0.191 e. The quantitative estimate of drug-likeness (QED) is 0.250. The fraction of sp³-hybridized carbons (Fsp3) is 0.375. The highest BCUT2D eigenvalue weighted by Gasteiger charge is 2.25. The number of halogens is 1. The lowest BCUT2D eigenvalue weighted by Gasteiger charge is -2.38. The average Bonchev–Trinajstić information content (AvgIpc) is 3.34. The topological polar surface area (TPSA) is 81.2 Å². The van der Waals surface area contributed by atoms with E-state index in [1.807, 2.05) is 19.2 Å². The first-order valence-corrected chi connectivity index (χ1v) is 10.9. The molecule has 32 heavy (non-hydrogen) atoms. The zero-order chi connectivity index (χ0) is 21.5. The number of aliphatic imine (C=N–C) groups is 1. The van der Waals surface area contributed by atoms with Crippen molar-refractivity contribution in [2.45, 2.75) is 44.9 Å². The molecule has 170 valence electrons. The van der Waals surface area contributed by atoms with Crippen molar-refractivity contribution in [3.8, 4) is 11.4 Å². The second-order valence-corrected chi connectivity index (χ2v) is 8.13. The lowest BCUT2D eigenvalue weighted by atomic mass is 9.97. The molecule has 4 rings (SSSR count). The van der Waals surface area contributed by atoms with E-state index in [-0.39, 0.29) is 24.0 Å². The molecule has 2 unspecified atom stereocenters. The maximum atomic E-state index is 4.43. The summed E-state index contributed by atoms with van der Waals surface area (Å²) >= 11 is 0. The SMILES string of the molecule is CN=C(NCc1cccc(-c2ncn[nH]2)c1)NC1CCN(Cc2ccccc2)C(C)C1.I. The fourth-order valence-corrected chi connectivity index (χ4v) is 4.15. The number of nitrogens with one attached hydrogen (secondary N) is 3. The predicted molar refractivity (Wildman–Crippen MR) is 140 cm³/mol. The molecule has 1 aliphatic heterocycles. The van der Waals surface area contributed by atoms with Gasteiger partial charge < -0.3 is 10.6 Å². The fourth-order valence-electron chi connectivity index (χ4n) is 4.15. The van der Waals surface area contributed by atoms with E-state index < -0.39 is 0 Å². The minimum absolute atomic E-state index is 0. The minimum Gasteiger partial charge on any atom is -0.354 e. The second-order valence-electron chi connectivity index (χ2n) is 8.13. The Labute approximate surface area is 207 Å². The molecule has 1 saturated heterocycles. The van der Waals surface area contributed by atoms with Crippen LogP contribution in [0.25, 0.3) is 11.4 Å². The third-order valence-electron chi connectivity index (χ3n) is 5.88. The molecule has 2 aromatic carbocycles. The Morgan fingerprint density at radius 2 is 1.97 bits per heavy atom. The Morgan fingerprint density at radius 3 is 2.69 bits per heavy atom. The molecule has 3 N–H and O–H groups in total. The number of benzene rings is 2. The van der Waals surface area contributed by atoms with Gasteiger partial charge in [0.25, 0.3) is 0 Å². The Kier molecular flexibility index (Phi) is 9.04. The van der Waals surface area contributed by atoms with Crippen LogP contribution in [0.3, 0.4) is 0 Å². The summed E-state index contributed by atoms with van der Waals surface area (Å²) in [5.41, 5.74) is 3.58. The molecule has 7 nitrogen and oxygen atoms in total. The van der Waals surface area contributed by atoms with Crippen LogP contribution in [-0.2, 0) is 13.1 Å². The summed E-state index contributed by atoms with van der Waals surface area (Å²) in [4.78, 5) is 11.2. The predicted octanol–water partition coefficient (Wildman–Crippen LogP) is 3.81. The second kappa shape index (κ2) is 12.0. The van der Waals surface area contributed by atoms with Crippen molar-refractivity contribution >= 4 is 29.9 Å². The summed E-state index contributed by atoms with van der Waals surface area (Å²) in [5.74, 6) is 1.62. The van der Waals surface area contributed by atoms with Gasteiger partial charge in [0.05, 0.1) is 0 Å². The van der Waals surface area contributed by atoms with Crippen molar-refractivity contribution in [3.05, 3.63) is 72.1 Å². The summed E-state index contributed by atoms with van der Waals surface area (Å²) in [6.45, 7) is 5.12. The van der Waals surface area contributed by atoms with Gasteiger partial charge in [0.2, 0.25) is 0 Å². The van der Waals surface area contributed by atoms with Crippen LogP contribution in [0.2, 0.25) is 0 Å². The monoisotopic (exact) mass is 545 g/mol. The first kappa shape index (κ1) is 24.2. The van der Waals surface area contributed by atoms with E-state index in [9.17, 15) is 0 Å². The Bertz CT molecular complexity index is 975. The number of guanidine groups is 1. The number of aromatic amines is 1. The zero-order valence-electron chi connectivity index (χ0n) is 18.7. The van der Waals surface area contributed by atoms with Crippen molar-refractivity contribution in [1.29, 1.82) is 0 Å². The third-order valence-corrected chi connectivity index (χ3v) is 5.88. The van der Waals surface area contributed by atoms with E-state index in [0.717, 1.165) is 43.3 Å². The number of aromatic nitrogens is 3. The van der Waals surface area contributed by atoms with E-state index in [0.29, 0.717) is 18.6 Å². The van der Waals surface area contributed by atoms with Crippen LogP contribution in [0, 0.1) is 0 Å². The number of H-pyrrole nitrogens is 1. The Balaban J connectivity index is 0.00000289. The minimum atomic E-state index is 0. The molecule has 8 heteroatoms. The molecular weight excluding hydrogens is 513 g/mol. The van der Waals surface area contributed by atoms with Gasteiger partial charge in [-0.05, 0) is 37.0 Å². The molecule has 0 amide bonds. The lowest BCUT2D eigenvalue weighted by Crippen LogP contribution is -2.51. The molecule has 2 heterocycles. The van der Waals surface area contributed by atoms with E-state index in [4.69, 9.17) is 0 Å². The summed E-state index contributed by atoms with van der Waals surface area (Å²) < 4.78 is 0. The van der Waals surface area contributed by atoms with Gasteiger partial charge in [0, 0.05) is 44.3 Å². The van der Waals surface area contributed by atoms with Gasteiger partial charge in [-0.25, -0.2) is 4.98 Å².